The van der Waals surface area contributed by atoms with Gasteiger partial charge in [0.1, 0.15) is 13.2 Å². The molecule has 7 heteroatoms. The topological polar surface area (TPSA) is 90.7 Å². The lowest BCUT2D eigenvalue weighted by Crippen LogP contribution is -2.15. The number of benzene rings is 2. The molecular formula is C17H16N2O5. The zero-order valence-electron chi connectivity index (χ0n) is 12.9. The van der Waals surface area contributed by atoms with Crippen LogP contribution in [0.15, 0.2) is 42.5 Å². The highest BCUT2D eigenvalue weighted by Gasteiger charge is 2.12. The molecule has 1 aliphatic rings. The molecule has 0 aliphatic carbocycles. The number of nitrogens with zero attached hydrogens (tertiary/aromatic N) is 1. The number of carbonyl (C=O) groups is 1. The number of aryl methyl sites for hydroxylation is 1. The minimum absolute atomic E-state index is 0.00993. The summed E-state index contributed by atoms with van der Waals surface area (Å²) in [5.41, 5.74) is 1.51. The zero-order chi connectivity index (χ0) is 16.9. The van der Waals surface area contributed by atoms with Gasteiger partial charge in [-0.25, -0.2) is 0 Å². The molecule has 0 unspecified atom stereocenters. The highest BCUT2D eigenvalue weighted by atomic mass is 16.6. The van der Waals surface area contributed by atoms with Crippen LogP contribution in [0.3, 0.4) is 0 Å². The fourth-order valence-corrected chi connectivity index (χ4v) is 2.39. The van der Waals surface area contributed by atoms with E-state index in [0.29, 0.717) is 37.5 Å². The number of anilines is 1. The van der Waals surface area contributed by atoms with Gasteiger partial charge in [-0.1, -0.05) is 6.07 Å². The average molecular weight is 328 g/mol. The van der Waals surface area contributed by atoms with Crippen LogP contribution in [0.25, 0.3) is 0 Å². The smallest absolute Gasteiger partial charge is 0.269 e. The summed E-state index contributed by atoms with van der Waals surface area (Å²) in [4.78, 5) is 22.1. The standard InChI is InChI=1S/C17H16N2O5/c20-17(18-13-3-5-14(6-4-13)19(21)22)8-2-12-1-7-15-16(11-12)24-10-9-23-15/h1,3-7,11H,2,8-10H2,(H,18,20). The second kappa shape index (κ2) is 6.99. The molecule has 2 aromatic rings. The van der Waals surface area contributed by atoms with Crippen LogP contribution in [0.1, 0.15) is 12.0 Å². The van der Waals surface area contributed by atoms with Gasteiger partial charge in [0, 0.05) is 24.2 Å². The average Bonchev–Trinajstić information content (AvgIpc) is 2.60. The van der Waals surface area contributed by atoms with E-state index < -0.39 is 4.92 Å². The number of rotatable bonds is 5. The van der Waals surface area contributed by atoms with Crippen molar-refractivity contribution < 1.29 is 19.2 Å². The van der Waals surface area contributed by atoms with Crippen molar-refractivity contribution in [3.63, 3.8) is 0 Å². The molecule has 1 amide bonds. The Morgan fingerprint density at radius 1 is 1.08 bits per heavy atom. The van der Waals surface area contributed by atoms with Crippen LogP contribution in [0.4, 0.5) is 11.4 Å². The maximum Gasteiger partial charge on any atom is 0.269 e. The second-order valence-electron chi connectivity index (χ2n) is 5.33. The quantitative estimate of drug-likeness (QED) is 0.673. The Labute approximate surface area is 138 Å². The summed E-state index contributed by atoms with van der Waals surface area (Å²) in [7, 11) is 0. The molecule has 0 bridgehead atoms. The molecule has 3 rings (SSSR count). The highest BCUT2D eigenvalue weighted by molar-refractivity contribution is 5.90. The first kappa shape index (κ1) is 15.8. The van der Waals surface area contributed by atoms with Crippen LogP contribution in [-0.2, 0) is 11.2 Å². The molecule has 1 heterocycles. The van der Waals surface area contributed by atoms with Crippen molar-refractivity contribution in [1.29, 1.82) is 0 Å². The molecule has 0 saturated heterocycles. The van der Waals surface area contributed by atoms with E-state index in [4.69, 9.17) is 9.47 Å². The fourth-order valence-electron chi connectivity index (χ4n) is 2.39. The minimum atomic E-state index is -0.479. The van der Waals surface area contributed by atoms with Gasteiger partial charge in [-0.2, -0.15) is 0 Å². The fraction of sp³-hybridized carbons (Fsp3) is 0.235. The largest absolute Gasteiger partial charge is 0.486 e. The van der Waals surface area contributed by atoms with Gasteiger partial charge < -0.3 is 14.8 Å². The number of non-ortho nitro benzene ring substituents is 1. The van der Waals surface area contributed by atoms with Crippen molar-refractivity contribution >= 4 is 17.3 Å². The van der Waals surface area contributed by atoms with Gasteiger partial charge in [0.05, 0.1) is 4.92 Å². The maximum atomic E-state index is 12.0. The molecule has 2 aromatic carbocycles. The van der Waals surface area contributed by atoms with Gasteiger partial charge in [-0.15, -0.1) is 0 Å². The Balaban J connectivity index is 1.54. The maximum absolute atomic E-state index is 12.0. The molecule has 24 heavy (non-hydrogen) atoms. The van der Waals surface area contributed by atoms with Crippen molar-refractivity contribution in [3.05, 3.63) is 58.1 Å². The molecule has 0 spiro atoms. The predicted octanol–water partition coefficient (Wildman–Crippen LogP) is 2.94. The number of carbonyl (C=O) groups excluding carboxylic acids is 1. The van der Waals surface area contributed by atoms with Gasteiger partial charge in [-0.05, 0) is 36.2 Å². The summed E-state index contributed by atoms with van der Waals surface area (Å²) in [6.45, 7) is 1.07. The number of nitro groups is 1. The van der Waals surface area contributed by atoms with Crippen LogP contribution < -0.4 is 14.8 Å². The van der Waals surface area contributed by atoms with E-state index in [-0.39, 0.29) is 11.6 Å². The van der Waals surface area contributed by atoms with Crippen molar-refractivity contribution in [2.24, 2.45) is 0 Å². The summed E-state index contributed by atoms with van der Waals surface area (Å²) >= 11 is 0. The third-order valence-electron chi connectivity index (χ3n) is 3.61. The van der Waals surface area contributed by atoms with Crippen molar-refractivity contribution in [2.45, 2.75) is 12.8 Å². The first-order chi connectivity index (χ1) is 11.6. The number of ether oxygens (including phenoxy) is 2. The van der Waals surface area contributed by atoms with Crippen molar-refractivity contribution in [1.82, 2.24) is 0 Å². The first-order valence-electron chi connectivity index (χ1n) is 7.54. The molecule has 0 radical (unpaired) electrons. The molecule has 0 aromatic heterocycles. The van der Waals surface area contributed by atoms with E-state index in [9.17, 15) is 14.9 Å². The Morgan fingerprint density at radius 2 is 1.79 bits per heavy atom. The van der Waals surface area contributed by atoms with Crippen LogP contribution in [0, 0.1) is 10.1 Å². The number of hydrogen-bond acceptors (Lipinski definition) is 5. The van der Waals surface area contributed by atoms with Gasteiger partial charge in [-0.3, -0.25) is 14.9 Å². The summed E-state index contributed by atoms with van der Waals surface area (Å²) in [6.07, 6.45) is 0.867. The molecule has 1 aliphatic heterocycles. The molecular weight excluding hydrogens is 312 g/mol. The van der Waals surface area contributed by atoms with Crippen molar-refractivity contribution in [3.8, 4) is 11.5 Å². The lowest BCUT2D eigenvalue weighted by atomic mass is 10.1. The van der Waals surface area contributed by atoms with Crippen LogP contribution in [0.5, 0.6) is 11.5 Å². The van der Waals surface area contributed by atoms with Gasteiger partial charge >= 0.3 is 0 Å². The summed E-state index contributed by atoms with van der Waals surface area (Å²) < 4.78 is 11.0. The lowest BCUT2D eigenvalue weighted by Gasteiger charge is -2.18. The Morgan fingerprint density at radius 3 is 2.50 bits per heavy atom. The molecule has 0 atom stereocenters. The number of nitrogens with one attached hydrogen (secondary N) is 1. The summed E-state index contributed by atoms with van der Waals surface area (Å²) in [6, 6.07) is 11.4. The zero-order valence-corrected chi connectivity index (χ0v) is 12.9. The number of amides is 1. The van der Waals surface area contributed by atoms with Gasteiger partial charge in [0.15, 0.2) is 11.5 Å². The molecule has 124 valence electrons. The highest BCUT2D eigenvalue weighted by Crippen LogP contribution is 2.31. The number of hydrogen-bond donors (Lipinski definition) is 1. The van der Waals surface area contributed by atoms with E-state index in [1.807, 2.05) is 18.2 Å². The summed E-state index contributed by atoms with van der Waals surface area (Å²) in [5.74, 6) is 1.27. The SMILES string of the molecule is O=C(CCc1ccc2c(c1)OCCO2)Nc1ccc([N+](=O)[O-])cc1. The molecule has 0 saturated carbocycles. The number of fused-ring (bicyclic) bond motifs is 1. The number of nitro benzene ring substituents is 1. The monoisotopic (exact) mass is 328 g/mol. The molecule has 7 nitrogen and oxygen atoms in total. The Kier molecular flexibility index (Phi) is 4.60. The third-order valence-corrected chi connectivity index (χ3v) is 3.61. The van der Waals surface area contributed by atoms with E-state index >= 15 is 0 Å². The van der Waals surface area contributed by atoms with Crippen LogP contribution >= 0.6 is 0 Å². The third kappa shape index (κ3) is 3.81. The van der Waals surface area contributed by atoms with Crippen molar-refractivity contribution in [2.75, 3.05) is 18.5 Å². The second-order valence-corrected chi connectivity index (χ2v) is 5.33. The van der Waals surface area contributed by atoms with E-state index in [0.717, 1.165) is 11.3 Å². The Hall–Kier alpha value is -3.09. The van der Waals surface area contributed by atoms with E-state index in [1.54, 1.807) is 0 Å². The van der Waals surface area contributed by atoms with Gasteiger partial charge in [0.2, 0.25) is 5.91 Å². The first-order valence-corrected chi connectivity index (χ1v) is 7.54. The molecule has 0 fully saturated rings. The van der Waals surface area contributed by atoms with Crippen LogP contribution in [0.2, 0.25) is 0 Å². The van der Waals surface area contributed by atoms with Gasteiger partial charge in [0.25, 0.3) is 5.69 Å². The normalized spacial score (nSPS) is 12.5. The van der Waals surface area contributed by atoms with E-state index in [1.165, 1.54) is 24.3 Å². The lowest BCUT2D eigenvalue weighted by molar-refractivity contribution is -0.384. The van der Waals surface area contributed by atoms with Crippen LogP contribution in [-0.4, -0.2) is 24.0 Å². The summed E-state index contributed by atoms with van der Waals surface area (Å²) in [5, 5.41) is 13.3. The predicted molar refractivity (Wildman–Crippen MR) is 87.5 cm³/mol. The van der Waals surface area contributed by atoms with E-state index in [2.05, 4.69) is 5.32 Å². The minimum Gasteiger partial charge on any atom is -0.486 e. The Bertz CT molecular complexity index is 758. The molecule has 1 N–H and O–H groups in total.